The third kappa shape index (κ3) is 3.65. The summed E-state index contributed by atoms with van der Waals surface area (Å²) in [5, 5.41) is 0.545. The van der Waals surface area contributed by atoms with Crippen LogP contribution in [0.1, 0.15) is 19.3 Å². The van der Waals surface area contributed by atoms with E-state index in [0.717, 1.165) is 19.3 Å². The SMILES string of the molecule is CSC1CCCC1NS(=O)(=O)c1c(Cl)cc(Br)cc1Cl. The van der Waals surface area contributed by atoms with Gasteiger partial charge in [-0.05, 0) is 31.2 Å². The zero-order valence-electron chi connectivity index (χ0n) is 10.7. The van der Waals surface area contributed by atoms with E-state index in [-0.39, 0.29) is 21.0 Å². The molecule has 2 unspecified atom stereocenters. The number of rotatable bonds is 4. The lowest BCUT2D eigenvalue weighted by Crippen LogP contribution is -2.38. The van der Waals surface area contributed by atoms with Gasteiger partial charge in [-0.3, -0.25) is 0 Å². The van der Waals surface area contributed by atoms with Gasteiger partial charge in [-0.1, -0.05) is 45.6 Å². The minimum atomic E-state index is -3.71. The van der Waals surface area contributed by atoms with Crippen LogP contribution in [0.5, 0.6) is 0 Å². The highest BCUT2D eigenvalue weighted by Crippen LogP contribution is 2.35. The number of hydrogen-bond donors (Lipinski definition) is 1. The Bertz CT molecular complexity index is 586. The predicted molar refractivity (Wildman–Crippen MR) is 89.4 cm³/mol. The molecule has 112 valence electrons. The summed E-state index contributed by atoms with van der Waals surface area (Å²) in [7, 11) is -3.71. The van der Waals surface area contributed by atoms with Gasteiger partial charge in [0.2, 0.25) is 10.0 Å². The maximum atomic E-state index is 12.5. The van der Waals surface area contributed by atoms with Gasteiger partial charge in [0.15, 0.2) is 0 Å². The molecular formula is C12H14BrCl2NO2S2. The molecule has 20 heavy (non-hydrogen) atoms. The quantitative estimate of drug-likeness (QED) is 0.791. The predicted octanol–water partition coefficient (Wildman–Crippen LogP) is 4.32. The second kappa shape index (κ2) is 6.75. The summed E-state index contributed by atoms with van der Waals surface area (Å²) >= 11 is 17.0. The average molecular weight is 419 g/mol. The molecule has 0 spiro atoms. The molecule has 1 aliphatic rings. The van der Waals surface area contributed by atoms with Crippen molar-refractivity contribution in [1.82, 2.24) is 4.72 Å². The van der Waals surface area contributed by atoms with Crippen LogP contribution in [0.25, 0.3) is 0 Å². The largest absolute Gasteiger partial charge is 0.243 e. The van der Waals surface area contributed by atoms with Crippen LogP contribution in [0.2, 0.25) is 10.0 Å². The molecule has 1 N–H and O–H groups in total. The Hall–Kier alpha value is 0.540. The number of halogens is 3. The topological polar surface area (TPSA) is 46.2 Å². The zero-order chi connectivity index (χ0) is 14.9. The number of benzene rings is 1. The zero-order valence-corrected chi connectivity index (χ0v) is 15.4. The second-order valence-electron chi connectivity index (χ2n) is 4.63. The summed E-state index contributed by atoms with van der Waals surface area (Å²) < 4.78 is 28.4. The Morgan fingerprint density at radius 2 is 1.90 bits per heavy atom. The van der Waals surface area contributed by atoms with Crippen molar-refractivity contribution in [3.8, 4) is 0 Å². The summed E-state index contributed by atoms with van der Waals surface area (Å²) in [4.78, 5) is -0.0456. The third-order valence-electron chi connectivity index (χ3n) is 3.29. The molecule has 0 aliphatic heterocycles. The molecule has 1 aromatic carbocycles. The number of sulfonamides is 1. The van der Waals surface area contributed by atoms with Crippen molar-refractivity contribution < 1.29 is 8.42 Å². The Balaban J connectivity index is 2.32. The fourth-order valence-electron chi connectivity index (χ4n) is 2.39. The van der Waals surface area contributed by atoms with Crippen LogP contribution < -0.4 is 4.72 Å². The molecule has 1 saturated carbocycles. The third-order valence-corrected chi connectivity index (χ3v) is 7.33. The van der Waals surface area contributed by atoms with Crippen molar-refractivity contribution >= 4 is 60.9 Å². The van der Waals surface area contributed by atoms with Gasteiger partial charge in [0.25, 0.3) is 0 Å². The van der Waals surface area contributed by atoms with E-state index >= 15 is 0 Å². The monoisotopic (exact) mass is 417 g/mol. The van der Waals surface area contributed by atoms with Crippen LogP contribution in [-0.4, -0.2) is 26.0 Å². The summed E-state index contributed by atoms with van der Waals surface area (Å²) in [6, 6.07) is 3.00. The molecule has 3 nitrogen and oxygen atoms in total. The van der Waals surface area contributed by atoms with Crippen LogP contribution in [0, 0.1) is 0 Å². The fraction of sp³-hybridized carbons (Fsp3) is 0.500. The first kappa shape index (κ1) is 16.9. The normalized spacial score (nSPS) is 23.2. The first-order chi connectivity index (χ1) is 9.35. The van der Waals surface area contributed by atoms with Crippen LogP contribution in [0.4, 0.5) is 0 Å². The molecule has 1 aliphatic carbocycles. The van der Waals surface area contributed by atoms with E-state index in [2.05, 4.69) is 20.7 Å². The lowest BCUT2D eigenvalue weighted by Gasteiger charge is -2.20. The molecule has 1 aromatic rings. The molecule has 0 radical (unpaired) electrons. The van der Waals surface area contributed by atoms with Gasteiger partial charge >= 0.3 is 0 Å². The molecule has 2 atom stereocenters. The van der Waals surface area contributed by atoms with Crippen LogP contribution in [0.3, 0.4) is 0 Å². The number of thioether (sulfide) groups is 1. The highest BCUT2D eigenvalue weighted by Gasteiger charge is 2.32. The van der Waals surface area contributed by atoms with Gasteiger partial charge in [-0.2, -0.15) is 11.8 Å². The lowest BCUT2D eigenvalue weighted by atomic mass is 10.3. The molecular weight excluding hydrogens is 405 g/mol. The number of hydrogen-bond acceptors (Lipinski definition) is 3. The molecule has 0 amide bonds. The molecule has 1 fully saturated rings. The van der Waals surface area contributed by atoms with E-state index in [0.29, 0.717) is 9.72 Å². The highest BCUT2D eigenvalue weighted by molar-refractivity contribution is 9.10. The van der Waals surface area contributed by atoms with Gasteiger partial charge in [0.1, 0.15) is 4.90 Å². The van der Waals surface area contributed by atoms with Crippen molar-refractivity contribution in [3.63, 3.8) is 0 Å². The van der Waals surface area contributed by atoms with Crippen molar-refractivity contribution in [2.75, 3.05) is 6.26 Å². The van der Waals surface area contributed by atoms with Crippen LogP contribution in [0.15, 0.2) is 21.5 Å². The Morgan fingerprint density at radius 3 is 2.45 bits per heavy atom. The van der Waals surface area contributed by atoms with Crippen molar-refractivity contribution in [1.29, 1.82) is 0 Å². The van der Waals surface area contributed by atoms with Crippen molar-refractivity contribution in [2.24, 2.45) is 0 Å². The number of nitrogens with one attached hydrogen (secondary N) is 1. The van der Waals surface area contributed by atoms with E-state index in [4.69, 9.17) is 23.2 Å². The highest BCUT2D eigenvalue weighted by atomic mass is 79.9. The fourth-order valence-corrected chi connectivity index (χ4v) is 6.66. The van der Waals surface area contributed by atoms with Gasteiger partial charge < -0.3 is 0 Å². The maximum Gasteiger partial charge on any atom is 0.243 e. The molecule has 0 saturated heterocycles. The smallest absolute Gasteiger partial charge is 0.207 e. The molecule has 0 heterocycles. The van der Waals surface area contributed by atoms with Gasteiger partial charge in [0.05, 0.1) is 10.0 Å². The maximum absolute atomic E-state index is 12.5. The van der Waals surface area contributed by atoms with E-state index in [1.165, 1.54) is 12.1 Å². The molecule has 0 bridgehead atoms. The summed E-state index contributed by atoms with van der Waals surface area (Å²) in [5.41, 5.74) is 0. The van der Waals surface area contributed by atoms with Crippen molar-refractivity contribution in [2.45, 2.75) is 35.4 Å². The summed E-state index contributed by atoms with van der Waals surface area (Å²) in [6.45, 7) is 0. The van der Waals surface area contributed by atoms with Crippen LogP contribution in [-0.2, 0) is 10.0 Å². The van der Waals surface area contributed by atoms with Crippen LogP contribution >= 0.6 is 50.9 Å². The minimum Gasteiger partial charge on any atom is -0.207 e. The molecule has 0 aromatic heterocycles. The van der Waals surface area contributed by atoms with E-state index in [9.17, 15) is 8.42 Å². The molecule has 2 rings (SSSR count). The standard InChI is InChI=1S/C12H14BrCl2NO2S2/c1-19-11-4-2-3-10(11)16-20(17,18)12-8(14)5-7(13)6-9(12)15/h5-6,10-11,16H,2-4H2,1H3. The van der Waals surface area contributed by atoms with E-state index in [1.54, 1.807) is 11.8 Å². The Morgan fingerprint density at radius 1 is 1.30 bits per heavy atom. The van der Waals surface area contributed by atoms with E-state index in [1.807, 2.05) is 6.26 Å². The Labute approximate surface area is 142 Å². The first-order valence-electron chi connectivity index (χ1n) is 6.05. The lowest BCUT2D eigenvalue weighted by molar-refractivity contribution is 0.555. The Kier molecular flexibility index (Phi) is 5.71. The average Bonchev–Trinajstić information content (AvgIpc) is 2.73. The van der Waals surface area contributed by atoms with Gasteiger partial charge in [-0.15, -0.1) is 0 Å². The van der Waals surface area contributed by atoms with Gasteiger partial charge in [-0.25, -0.2) is 13.1 Å². The first-order valence-corrected chi connectivity index (χ1v) is 10.4. The molecule has 8 heteroatoms. The minimum absolute atomic E-state index is 0.0456. The summed E-state index contributed by atoms with van der Waals surface area (Å²) in [5.74, 6) is 0. The van der Waals surface area contributed by atoms with E-state index < -0.39 is 10.0 Å². The summed E-state index contributed by atoms with van der Waals surface area (Å²) in [6.07, 6.45) is 4.89. The second-order valence-corrected chi connectivity index (χ2v) is 9.09. The van der Waals surface area contributed by atoms with Crippen molar-refractivity contribution in [3.05, 3.63) is 26.7 Å². The van der Waals surface area contributed by atoms with Gasteiger partial charge in [0, 0.05) is 15.8 Å².